The number of nitrogens with zero attached hydrogens (tertiary/aromatic N) is 3. The summed E-state index contributed by atoms with van der Waals surface area (Å²) in [5.74, 6) is 2.24. The van der Waals surface area contributed by atoms with Gasteiger partial charge in [-0.2, -0.15) is 0 Å². The van der Waals surface area contributed by atoms with Crippen LogP contribution in [0.4, 0.5) is 0 Å². The number of hydrogen-bond acceptors (Lipinski definition) is 5. The number of hydrogen-bond donors (Lipinski definition) is 0. The summed E-state index contributed by atoms with van der Waals surface area (Å²) in [4.78, 5) is 13.6. The molecule has 1 aliphatic rings. The van der Waals surface area contributed by atoms with Crippen molar-refractivity contribution in [1.29, 1.82) is 0 Å². The highest BCUT2D eigenvalue weighted by Crippen LogP contribution is 2.32. The number of carbonyl (C=O) groups excluding carboxylic acids is 1. The van der Waals surface area contributed by atoms with Crippen LogP contribution in [0.25, 0.3) is 0 Å². The molecule has 0 saturated carbocycles. The summed E-state index contributed by atoms with van der Waals surface area (Å²) in [5.41, 5.74) is 1.06. The second kappa shape index (κ2) is 7.03. The molecule has 0 radical (unpaired) electrons. The maximum atomic E-state index is 11.7. The molecule has 0 spiro atoms. The lowest BCUT2D eigenvalue weighted by Gasteiger charge is -2.37. The van der Waals surface area contributed by atoms with Crippen molar-refractivity contribution in [3.8, 4) is 5.75 Å². The van der Waals surface area contributed by atoms with Crippen LogP contribution >= 0.6 is 0 Å². The lowest BCUT2D eigenvalue weighted by Crippen LogP contribution is -2.44. The Hall–Kier alpha value is -2.37. The minimum Gasteiger partial charge on any atom is -0.497 e. The predicted molar refractivity (Wildman–Crippen MR) is 88.9 cm³/mol. The monoisotopic (exact) mass is 329 g/mol. The van der Waals surface area contributed by atoms with E-state index < -0.39 is 0 Å². The summed E-state index contributed by atoms with van der Waals surface area (Å²) >= 11 is 0. The minimum atomic E-state index is 0.0846. The highest BCUT2D eigenvalue weighted by Gasteiger charge is 2.33. The van der Waals surface area contributed by atoms with E-state index >= 15 is 0 Å². The zero-order valence-corrected chi connectivity index (χ0v) is 14.4. The molecule has 0 unspecified atom stereocenters. The van der Waals surface area contributed by atoms with Crippen LogP contribution in [-0.4, -0.2) is 40.7 Å². The summed E-state index contributed by atoms with van der Waals surface area (Å²) in [6.07, 6.45) is 2.50. The number of likely N-dealkylation sites (tertiary alicyclic amines) is 1. The molecule has 1 aromatic heterocycles. The second-order valence-electron chi connectivity index (χ2n) is 6.26. The van der Waals surface area contributed by atoms with Crippen LogP contribution in [0.3, 0.4) is 0 Å². The predicted octanol–water partition coefficient (Wildman–Crippen LogP) is 2.78. The molecule has 2 aromatic rings. The average molecular weight is 329 g/mol. The van der Waals surface area contributed by atoms with Crippen LogP contribution in [0.15, 0.2) is 28.7 Å². The molecule has 2 heterocycles. The number of aromatic nitrogens is 2. The maximum absolute atomic E-state index is 11.7. The van der Waals surface area contributed by atoms with Crippen molar-refractivity contribution in [2.45, 2.75) is 45.1 Å². The Morgan fingerprint density at radius 1 is 1.42 bits per heavy atom. The standard InChI is InChI=1S/C18H23N3O3/c1-12-16(8-5-9-21(12)13(2)22)18-20-19-17(24-18)11-14-6-4-7-15(10-14)23-3/h4,6-7,10,12,16H,5,8-9,11H2,1-3H3/t12-,16-/m0/s1. The Morgan fingerprint density at radius 3 is 3.00 bits per heavy atom. The Bertz CT molecular complexity index is 713. The number of carbonyl (C=O) groups is 1. The van der Waals surface area contributed by atoms with Gasteiger partial charge in [0.1, 0.15) is 5.75 Å². The molecule has 1 aromatic carbocycles. The molecule has 24 heavy (non-hydrogen) atoms. The van der Waals surface area contributed by atoms with Crippen molar-refractivity contribution in [2.24, 2.45) is 0 Å². The quantitative estimate of drug-likeness (QED) is 0.863. The first-order valence-corrected chi connectivity index (χ1v) is 8.31. The number of methoxy groups -OCH3 is 1. The molecule has 128 valence electrons. The van der Waals surface area contributed by atoms with E-state index in [1.54, 1.807) is 14.0 Å². The number of amides is 1. The van der Waals surface area contributed by atoms with Gasteiger partial charge in [-0.1, -0.05) is 12.1 Å². The topological polar surface area (TPSA) is 68.5 Å². The second-order valence-corrected chi connectivity index (χ2v) is 6.26. The van der Waals surface area contributed by atoms with Gasteiger partial charge in [-0.3, -0.25) is 4.79 Å². The fourth-order valence-electron chi connectivity index (χ4n) is 3.36. The Balaban J connectivity index is 1.74. The number of benzene rings is 1. The van der Waals surface area contributed by atoms with Crippen LogP contribution in [0, 0.1) is 0 Å². The van der Waals surface area contributed by atoms with Crippen LogP contribution in [0.5, 0.6) is 5.75 Å². The SMILES string of the molecule is COc1cccc(Cc2nnc([C@H]3CCCN(C(C)=O)[C@H]3C)o2)c1. The number of ether oxygens (including phenoxy) is 1. The maximum Gasteiger partial charge on any atom is 0.221 e. The highest BCUT2D eigenvalue weighted by atomic mass is 16.5. The molecule has 6 nitrogen and oxygen atoms in total. The zero-order valence-electron chi connectivity index (χ0n) is 14.4. The van der Waals surface area contributed by atoms with Gasteiger partial charge >= 0.3 is 0 Å². The van der Waals surface area contributed by atoms with Crippen LogP contribution in [-0.2, 0) is 11.2 Å². The fourth-order valence-corrected chi connectivity index (χ4v) is 3.36. The molecule has 0 N–H and O–H groups in total. The third kappa shape index (κ3) is 3.42. The lowest BCUT2D eigenvalue weighted by molar-refractivity contribution is -0.132. The first kappa shape index (κ1) is 16.5. The summed E-state index contributed by atoms with van der Waals surface area (Å²) < 4.78 is 11.1. The highest BCUT2D eigenvalue weighted by molar-refractivity contribution is 5.73. The van der Waals surface area contributed by atoms with Crippen molar-refractivity contribution < 1.29 is 13.9 Å². The van der Waals surface area contributed by atoms with Crippen molar-refractivity contribution in [3.63, 3.8) is 0 Å². The van der Waals surface area contributed by atoms with Gasteiger partial charge in [0.25, 0.3) is 0 Å². The summed E-state index contributed by atoms with van der Waals surface area (Å²) in [6.45, 7) is 4.47. The van der Waals surface area contributed by atoms with Crippen LogP contribution in [0.1, 0.15) is 50.0 Å². The van der Waals surface area contributed by atoms with Gasteiger partial charge in [0, 0.05) is 19.5 Å². The van der Waals surface area contributed by atoms with E-state index in [-0.39, 0.29) is 17.9 Å². The third-order valence-electron chi connectivity index (χ3n) is 4.68. The molecular weight excluding hydrogens is 306 g/mol. The van der Waals surface area contributed by atoms with Gasteiger partial charge in [0.2, 0.25) is 17.7 Å². The van der Waals surface area contributed by atoms with E-state index in [1.165, 1.54) is 0 Å². The summed E-state index contributed by atoms with van der Waals surface area (Å²) in [6, 6.07) is 7.90. The molecule has 1 amide bonds. The average Bonchev–Trinajstić information content (AvgIpc) is 3.03. The van der Waals surface area contributed by atoms with Crippen LogP contribution in [0.2, 0.25) is 0 Å². The number of rotatable bonds is 4. The zero-order chi connectivity index (χ0) is 17.1. The molecule has 1 fully saturated rings. The summed E-state index contributed by atoms with van der Waals surface area (Å²) in [7, 11) is 1.65. The van der Waals surface area contributed by atoms with Crippen molar-refractivity contribution in [2.75, 3.05) is 13.7 Å². The van der Waals surface area contributed by atoms with E-state index in [0.29, 0.717) is 18.2 Å². The van der Waals surface area contributed by atoms with Crippen molar-refractivity contribution >= 4 is 5.91 Å². The van der Waals surface area contributed by atoms with Gasteiger partial charge in [-0.25, -0.2) is 0 Å². The van der Waals surface area contributed by atoms with E-state index in [4.69, 9.17) is 9.15 Å². The molecular formula is C18H23N3O3. The van der Waals surface area contributed by atoms with Crippen LogP contribution < -0.4 is 4.74 Å². The van der Waals surface area contributed by atoms with Crippen molar-refractivity contribution in [1.82, 2.24) is 15.1 Å². The molecule has 0 bridgehead atoms. The smallest absolute Gasteiger partial charge is 0.221 e. The Morgan fingerprint density at radius 2 is 2.25 bits per heavy atom. The van der Waals surface area contributed by atoms with E-state index in [0.717, 1.165) is 30.7 Å². The Labute approximate surface area is 141 Å². The van der Waals surface area contributed by atoms with Gasteiger partial charge in [-0.05, 0) is 37.5 Å². The molecule has 1 aliphatic heterocycles. The number of piperidine rings is 1. The van der Waals surface area contributed by atoms with E-state index in [9.17, 15) is 4.79 Å². The minimum absolute atomic E-state index is 0.0846. The normalized spacial score (nSPS) is 20.9. The van der Waals surface area contributed by atoms with Gasteiger partial charge in [0.05, 0.1) is 19.4 Å². The van der Waals surface area contributed by atoms with E-state index in [2.05, 4.69) is 17.1 Å². The van der Waals surface area contributed by atoms with Gasteiger partial charge in [0.15, 0.2) is 0 Å². The largest absolute Gasteiger partial charge is 0.497 e. The first-order chi connectivity index (χ1) is 11.6. The first-order valence-electron chi connectivity index (χ1n) is 8.31. The third-order valence-corrected chi connectivity index (χ3v) is 4.68. The van der Waals surface area contributed by atoms with Crippen molar-refractivity contribution in [3.05, 3.63) is 41.6 Å². The molecule has 3 rings (SSSR count). The Kier molecular flexibility index (Phi) is 4.83. The molecule has 0 aliphatic carbocycles. The van der Waals surface area contributed by atoms with Gasteiger partial charge < -0.3 is 14.1 Å². The molecule has 1 saturated heterocycles. The van der Waals surface area contributed by atoms with Gasteiger partial charge in [-0.15, -0.1) is 10.2 Å². The molecule has 6 heteroatoms. The molecule has 2 atom stereocenters. The fraction of sp³-hybridized carbons (Fsp3) is 0.500. The summed E-state index contributed by atoms with van der Waals surface area (Å²) in [5, 5.41) is 8.42. The van der Waals surface area contributed by atoms with E-state index in [1.807, 2.05) is 29.2 Å². The lowest BCUT2D eigenvalue weighted by atomic mass is 9.90.